The Bertz CT molecular complexity index is 923. The van der Waals surface area contributed by atoms with E-state index in [2.05, 4.69) is 15.0 Å². The van der Waals surface area contributed by atoms with Crippen LogP contribution in [0.1, 0.15) is 50.3 Å². The van der Waals surface area contributed by atoms with Gasteiger partial charge in [0.25, 0.3) is 0 Å². The van der Waals surface area contributed by atoms with Crippen LogP contribution in [-0.4, -0.2) is 74.9 Å². The molecule has 0 unspecified atom stereocenters. The third kappa shape index (κ3) is 4.12. The normalized spacial score (nSPS) is 27.6. The summed E-state index contributed by atoms with van der Waals surface area (Å²) < 4.78 is 46.5. The second kappa shape index (κ2) is 7.90. The van der Waals surface area contributed by atoms with Crippen molar-refractivity contribution in [3.05, 3.63) is 24.2 Å². The minimum atomic E-state index is -4.12. The fourth-order valence-corrected chi connectivity index (χ4v) is 5.75. The van der Waals surface area contributed by atoms with Gasteiger partial charge >= 0.3 is 6.18 Å². The predicted octanol–water partition coefficient (Wildman–Crippen LogP) is 3.02. The predicted molar refractivity (Wildman–Crippen MR) is 110 cm³/mol. The lowest BCUT2D eigenvalue weighted by molar-refractivity contribution is -0.151. The maximum absolute atomic E-state index is 12.7. The van der Waals surface area contributed by atoms with E-state index in [-0.39, 0.29) is 17.7 Å². The molecule has 5 rings (SSSR count). The van der Waals surface area contributed by atoms with Crippen LogP contribution in [0.4, 0.5) is 19.0 Å². The largest absolute Gasteiger partial charge is 0.401 e. The number of nitrogens with two attached hydrogens (primary N) is 1. The highest BCUT2D eigenvalue weighted by atomic mass is 19.4. The van der Waals surface area contributed by atoms with Crippen LogP contribution in [0.2, 0.25) is 0 Å². The lowest BCUT2D eigenvalue weighted by Crippen LogP contribution is -2.54. The molecule has 3 aliphatic heterocycles. The van der Waals surface area contributed by atoms with Gasteiger partial charge in [-0.05, 0) is 57.2 Å². The summed E-state index contributed by atoms with van der Waals surface area (Å²) in [6, 6.07) is 3.92. The third-order valence-corrected chi connectivity index (χ3v) is 7.30. The van der Waals surface area contributed by atoms with Gasteiger partial charge in [0, 0.05) is 25.2 Å². The Balaban J connectivity index is 1.21. The zero-order valence-corrected chi connectivity index (χ0v) is 17.5. The van der Waals surface area contributed by atoms with Crippen molar-refractivity contribution in [2.24, 2.45) is 0 Å². The Morgan fingerprint density at radius 3 is 2.71 bits per heavy atom. The molecule has 2 aromatic rings. The number of nitrogen functional groups attached to an aromatic ring is 1. The number of fused-ring (bicyclic) bond motifs is 1. The summed E-state index contributed by atoms with van der Waals surface area (Å²) in [4.78, 5) is 8.09. The van der Waals surface area contributed by atoms with Gasteiger partial charge in [-0.3, -0.25) is 9.80 Å². The Kier molecular flexibility index (Phi) is 5.34. The zero-order valence-electron chi connectivity index (χ0n) is 17.5. The van der Waals surface area contributed by atoms with Gasteiger partial charge in [-0.1, -0.05) is 0 Å². The van der Waals surface area contributed by atoms with Crippen molar-refractivity contribution < 1.29 is 17.9 Å². The van der Waals surface area contributed by atoms with Crippen LogP contribution in [-0.2, 0) is 4.74 Å². The fraction of sp³-hybridized carbons (Fsp3) is 0.714. The Hall–Kier alpha value is -1.91. The number of hydrogen-bond acceptors (Lipinski definition) is 6. The fourth-order valence-electron chi connectivity index (χ4n) is 5.75. The first kappa shape index (κ1) is 21.0. The lowest BCUT2D eigenvalue weighted by Gasteiger charge is -2.46. The van der Waals surface area contributed by atoms with Crippen molar-refractivity contribution >= 4 is 11.3 Å². The van der Waals surface area contributed by atoms with Crippen LogP contribution < -0.4 is 5.73 Å². The van der Waals surface area contributed by atoms with Crippen molar-refractivity contribution in [1.82, 2.24) is 24.4 Å². The summed E-state index contributed by atoms with van der Waals surface area (Å²) in [5.74, 6) is 0.451. The highest BCUT2D eigenvalue weighted by Crippen LogP contribution is 2.41. The van der Waals surface area contributed by atoms with E-state index in [1.165, 1.54) is 6.33 Å². The molecule has 3 fully saturated rings. The lowest BCUT2D eigenvalue weighted by atomic mass is 9.84. The highest BCUT2D eigenvalue weighted by Gasteiger charge is 2.45. The van der Waals surface area contributed by atoms with Crippen molar-refractivity contribution in [2.45, 2.75) is 62.4 Å². The summed E-state index contributed by atoms with van der Waals surface area (Å²) in [6.45, 7) is 2.08. The van der Waals surface area contributed by atoms with E-state index in [4.69, 9.17) is 10.5 Å². The maximum Gasteiger partial charge on any atom is 0.401 e. The number of alkyl halides is 3. The standard InChI is InChI=1S/C21H29F3N6O/c22-21(23,24)13-28-10-7-20(8-11-28)6-1-9-29(20)12-15-2-5-18(31-15)16-3-4-17-19(25)26-14-27-30(16)17/h3-4,14-15,18H,1-2,5-13H2,(H2,25,26,27)/t15-,18+/m0/s1. The molecular weight excluding hydrogens is 409 g/mol. The Morgan fingerprint density at radius 2 is 1.94 bits per heavy atom. The molecule has 0 radical (unpaired) electrons. The van der Waals surface area contributed by atoms with Gasteiger partial charge in [0.05, 0.1) is 18.3 Å². The summed E-state index contributed by atoms with van der Waals surface area (Å²) >= 11 is 0. The van der Waals surface area contributed by atoms with Gasteiger partial charge in [0.1, 0.15) is 17.9 Å². The summed E-state index contributed by atoms with van der Waals surface area (Å²) in [7, 11) is 0. The minimum Gasteiger partial charge on any atom is -0.382 e. The van der Waals surface area contributed by atoms with Gasteiger partial charge in [-0.25, -0.2) is 9.50 Å². The van der Waals surface area contributed by atoms with E-state index in [0.717, 1.165) is 62.8 Å². The van der Waals surface area contributed by atoms with Crippen molar-refractivity contribution in [3.63, 3.8) is 0 Å². The molecule has 0 aliphatic carbocycles. The van der Waals surface area contributed by atoms with Crippen LogP contribution >= 0.6 is 0 Å². The SMILES string of the molecule is Nc1ncnn2c([C@H]3CC[C@@H](CN4CCCC45CCN(CC(F)(F)F)CC5)O3)ccc12. The number of rotatable bonds is 4. The van der Waals surface area contributed by atoms with Gasteiger partial charge in [-0.2, -0.15) is 18.3 Å². The molecule has 2 atom stereocenters. The van der Waals surface area contributed by atoms with Crippen LogP contribution in [0.3, 0.4) is 0 Å². The number of nitrogens with zero attached hydrogens (tertiary/aromatic N) is 5. The number of likely N-dealkylation sites (tertiary alicyclic amines) is 2. The number of hydrogen-bond donors (Lipinski definition) is 1. The first-order valence-corrected chi connectivity index (χ1v) is 11.1. The van der Waals surface area contributed by atoms with Crippen molar-refractivity contribution in [2.75, 3.05) is 38.5 Å². The van der Waals surface area contributed by atoms with Crippen LogP contribution in [0.15, 0.2) is 18.5 Å². The number of aromatic nitrogens is 3. The molecule has 10 heteroatoms. The van der Waals surface area contributed by atoms with Crippen LogP contribution in [0.5, 0.6) is 0 Å². The maximum atomic E-state index is 12.7. The molecule has 0 aromatic carbocycles. The van der Waals surface area contributed by atoms with Crippen LogP contribution in [0.25, 0.3) is 5.52 Å². The molecule has 1 spiro atoms. The second-order valence-corrected chi connectivity index (χ2v) is 9.19. The van der Waals surface area contributed by atoms with Gasteiger partial charge in [-0.15, -0.1) is 0 Å². The van der Waals surface area contributed by atoms with E-state index in [1.807, 2.05) is 16.6 Å². The average Bonchev–Trinajstić information content (AvgIpc) is 3.43. The van der Waals surface area contributed by atoms with Crippen LogP contribution in [0, 0.1) is 0 Å². The van der Waals surface area contributed by atoms with Gasteiger partial charge < -0.3 is 10.5 Å². The molecule has 31 heavy (non-hydrogen) atoms. The summed E-state index contributed by atoms with van der Waals surface area (Å²) in [5.41, 5.74) is 7.75. The molecular formula is C21H29F3N6O. The molecule has 3 aliphatic rings. The number of anilines is 1. The van der Waals surface area contributed by atoms with E-state index in [9.17, 15) is 13.2 Å². The van der Waals surface area contributed by atoms with E-state index in [0.29, 0.717) is 18.9 Å². The van der Waals surface area contributed by atoms with E-state index < -0.39 is 12.7 Å². The average molecular weight is 438 g/mol. The molecule has 2 N–H and O–H groups in total. The highest BCUT2D eigenvalue weighted by molar-refractivity contribution is 5.65. The molecule has 0 saturated carbocycles. The smallest absolute Gasteiger partial charge is 0.382 e. The molecule has 3 saturated heterocycles. The topological polar surface area (TPSA) is 71.9 Å². The molecule has 0 bridgehead atoms. The number of piperidine rings is 1. The first-order chi connectivity index (χ1) is 14.8. The molecule has 7 nitrogen and oxygen atoms in total. The van der Waals surface area contributed by atoms with Gasteiger partial charge in [0.2, 0.25) is 0 Å². The molecule has 2 aromatic heterocycles. The number of ether oxygens (including phenoxy) is 1. The molecule has 0 amide bonds. The number of halogens is 3. The third-order valence-electron chi connectivity index (χ3n) is 7.30. The second-order valence-electron chi connectivity index (χ2n) is 9.19. The summed E-state index contributed by atoms with van der Waals surface area (Å²) in [6.07, 6.45) is 3.09. The Labute approximate surface area is 179 Å². The zero-order chi connectivity index (χ0) is 21.6. The van der Waals surface area contributed by atoms with E-state index in [1.54, 1.807) is 4.90 Å². The first-order valence-electron chi connectivity index (χ1n) is 11.1. The monoisotopic (exact) mass is 438 g/mol. The quantitative estimate of drug-likeness (QED) is 0.791. The van der Waals surface area contributed by atoms with Crippen molar-refractivity contribution in [3.8, 4) is 0 Å². The van der Waals surface area contributed by atoms with Crippen molar-refractivity contribution in [1.29, 1.82) is 0 Å². The van der Waals surface area contributed by atoms with Gasteiger partial charge in [0.15, 0.2) is 5.82 Å². The van der Waals surface area contributed by atoms with E-state index >= 15 is 0 Å². The molecule has 170 valence electrons. The minimum absolute atomic E-state index is 0.0333. The molecule has 5 heterocycles. The Morgan fingerprint density at radius 1 is 1.13 bits per heavy atom. The summed E-state index contributed by atoms with van der Waals surface area (Å²) in [5, 5.41) is 4.33.